The number of para-hydroxylation sites is 3. The number of fused-ring (bicyclic) bond motifs is 1. The third-order valence-corrected chi connectivity index (χ3v) is 4.39. The molecule has 122 valence electrons. The Hall–Kier alpha value is -2.82. The molecular weight excluding hydrogens is 302 g/mol. The number of hydrogen-bond acceptors (Lipinski definition) is 3. The van der Waals surface area contributed by atoms with E-state index in [2.05, 4.69) is 10.3 Å². The smallest absolute Gasteiger partial charge is 0.321 e. The van der Waals surface area contributed by atoms with Crippen LogP contribution in [0, 0.1) is 0 Å². The van der Waals surface area contributed by atoms with Crippen molar-refractivity contribution in [2.45, 2.75) is 18.8 Å². The SMILES string of the molecule is O=C(Nc1ccccc1)N1CCC[C@H](c2nc3ccccc3o2)C1. The number of rotatable bonds is 2. The highest BCUT2D eigenvalue weighted by Gasteiger charge is 2.28. The Kier molecular flexibility index (Phi) is 3.91. The molecule has 4 rings (SSSR count). The first-order chi connectivity index (χ1) is 11.8. The maximum Gasteiger partial charge on any atom is 0.321 e. The van der Waals surface area contributed by atoms with Gasteiger partial charge in [-0.1, -0.05) is 30.3 Å². The first-order valence-corrected chi connectivity index (χ1v) is 8.26. The molecule has 1 aliphatic heterocycles. The molecule has 2 heterocycles. The number of likely N-dealkylation sites (tertiary alicyclic amines) is 1. The molecule has 0 aliphatic carbocycles. The minimum atomic E-state index is -0.0676. The number of anilines is 1. The highest BCUT2D eigenvalue weighted by Crippen LogP contribution is 2.29. The van der Waals surface area contributed by atoms with Crippen LogP contribution in [0.2, 0.25) is 0 Å². The molecule has 1 N–H and O–H groups in total. The second kappa shape index (κ2) is 6.35. The van der Waals surface area contributed by atoms with Crippen molar-refractivity contribution in [3.8, 4) is 0 Å². The Morgan fingerprint density at radius 3 is 2.75 bits per heavy atom. The fraction of sp³-hybridized carbons (Fsp3) is 0.263. The van der Waals surface area contributed by atoms with Crippen LogP contribution in [0.5, 0.6) is 0 Å². The van der Waals surface area contributed by atoms with E-state index < -0.39 is 0 Å². The van der Waals surface area contributed by atoms with Gasteiger partial charge in [-0.05, 0) is 37.1 Å². The number of urea groups is 1. The first kappa shape index (κ1) is 14.8. The van der Waals surface area contributed by atoms with E-state index in [-0.39, 0.29) is 11.9 Å². The lowest BCUT2D eigenvalue weighted by molar-refractivity contribution is 0.187. The molecule has 0 unspecified atom stereocenters. The topological polar surface area (TPSA) is 58.4 Å². The summed E-state index contributed by atoms with van der Waals surface area (Å²) in [6.07, 6.45) is 1.94. The standard InChI is InChI=1S/C19H19N3O2/c23-19(20-15-8-2-1-3-9-15)22-12-6-7-14(13-22)18-21-16-10-4-5-11-17(16)24-18/h1-5,8-11,14H,6-7,12-13H2,(H,20,23)/t14-/m0/s1. The van der Waals surface area contributed by atoms with Gasteiger partial charge < -0.3 is 14.6 Å². The zero-order valence-corrected chi connectivity index (χ0v) is 13.3. The lowest BCUT2D eigenvalue weighted by Gasteiger charge is -2.31. The van der Waals surface area contributed by atoms with Crippen LogP contribution >= 0.6 is 0 Å². The van der Waals surface area contributed by atoms with Crippen molar-refractivity contribution >= 4 is 22.8 Å². The molecule has 0 radical (unpaired) electrons. The van der Waals surface area contributed by atoms with Gasteiger partial charge in [0.25, 0.3) is 0 Å². The quantitative estimate of drug-likeness (QED) is 0.768. The number of nitrogens with zero attached hydrogens (tertiary/aromatic N) is 2. The van der Waals surface area contributed by atoms with Crippen molar-refractivity contribution in [2.24, 2.45) is 0 Å². The van der Waals surface area contributed by atoms with Gasteiger partial charge in [0.05, 0.1) is 5.92 Å². The predicted molar refractivity (Wildman–Crippen MR) is 93.0 cm³/mol. The molecule has 1 saturated heterocycles. The summed E-state index contributed by atoms with van der Waals surface area (Å²) in [6.45, 7) is 1.39. The lowest BCUT2D eigenvalue weighted by Crippen LogP contribution is -2.41. The van der Waals surface area contributed by atoms with Crippen molar-refractivity contribution in [2.75, 3.05) is 18.4 Å². The number of amides is 2. The molecule has 5 nitrogen and oxygen atoms in total. The number of carbonyl (C=O) groups excluding carboxylic acids is 1. The lowest BCUT2D eigenvalue weighted by atomic mass is 9.98. The fourth-order valence-corrected chi connectivity index (χ4v) is 3.15. The Morgan fingerprint density at radius 2 is 1.92 bits per heavy atom. The van der Waals surface area contributed by atoms with Crippen LogP contribution in [0.25, 0.3) is 11.1 Å². The number of piperidine rings is 1. The minimum absolute atomic E-state index is 0.0676. The summed E-state index contributed by atoms with van der Waals surface area (Å²) in [4.78, 5) is 18.9. The van der Waals surface area contributed by atoms with Crippen molar-refractivity contribution in [1.82, 2.24) is 9.88 Å². The number of hydrogen-bond donors (Lipinski definition) is 1. The van der Waals surface area contributed by atoms with Crippen LogP contribution in [0.4, 0.5) is 10.5 Å². The summed E-state index contributed by atoms with van der Waals surface area (Å²) in [5.41, 5.74) is 2.49. The molecule has 0 bridgehead atoms. The Balaban J connectivity index is 1.48. The molecule has 1 fully saturated rings. The fourth-order valence-electron chi connectivity index (χ4n) is 3.15. The van der Waals surface area contributed by atoms with E-state index in [1.165, 1.54) is 0 Å². The molecule has 2 amide bonds. The minimum Gasteiger partial charge on any atom is -0.440 e. The monoisotopic (exact) mass is 321 g/mol. The van der Waals surface area contributed by atoms with E-state index in [0.717, 1.165) is 42.1 Å². The van der Waals surface area contributed by atoms with Crippen LogP contribution in [0.3, 0.4) is 0 Å². The van der Waals surface area contributed by atoms with Gasteiger partial charge in [-0.25, -0.2) is 9.78 Å². The Morgan fingerprint density at radius 1 is 1.12 bits per heavy atom. The van der Waals surface area contributed by atoms with Gasteiger partial charge in [0, 0.05) is 18.8 Å². The summed E-state index contributed by atoms with van der Waals surface area (Å²) >= 11 is 0. The number of nitrogens with one attached hydrogen (secondary N) is 1. The van der Waals surface area contributed by atoms with Crippen molar-refractivity contribution in [1.29, 1.82) is 0 Å². The third-order valence-electron chi connectivity index (χ3n) is 4.39. The van der Waals surface area contributed by atoms with Gasteiger partial charge in [0.1, 0.15) is 5.52 Å². The average molecular weight is 321 g/mol. The normalized spacial score (nSPS) is 17.8. The molecule has 5 heteroatoms. The van der Waals surface area contributed by atoms with Gasteiger partial charge in [-0.3, -0.25) is 0 Å². The van der Waals surface area contributed by atoms with Crippen molar-refractivity contribution in [3.05, 3.63) is 60.5 Å². The van der Waals surface area contributed by atoms with E-state index in [0.29, 0.717) is 6.54 Å². The van der Waals surface area contributed by atoms with Gasteiger partial charge in [0.15, 0.2) is 11.5 Å². The van der Waals surface area contributed by atoms with E-state index in [9.17, 15) is 4.79 Å². The third kappa shape index (κ3) is 2.97. The Bertz CT molecular complexity index is 811. The van der Waals surface area contributed by atoms with Crippen LogP contribution < -0.4 is 5.32 Å². The largest absolute Gasteiger partial charge is 0.440 e. The highest BCUT2D eigenvalue weighted by molar-refractivity contribution is 5.89. The van der Waals surface area contributed by atoms with E-state index >= 15 is 0 Å². The zero-order valence-electron chi connectivity index (χ0n) is 13.3. The summed E-state index contributed by atoms with van der Waals surface area (Å²) < 4.78 is 5.88. The van der Waals surface area contributed by atoms with Crippen LogP contribution in [-0.2, 0) is 0 Å². The molecule has 0 spiro atoms. The average Bonchev–Trinajstić information content (AvgIpc) is 3.07. The first-order valence-electron chi connectivity index (χ1n) is 8.26. The summed E-state index contributed by atoms with van der Waals surface area (Å²) in [5, 5.41) is 2.95. The zero-order chi connectivity index (χ0) is 16.4. The van der Waals surface area contributed by atoms with Crippen LogP contribution in [0.15, 0.2) is 59.0 Å². The molecule has 1 atom stereocenters. The van der Waals surface area contributed by atoms with Crippen molar-refractivity contribution in [3.63, 3.8) is 0 Å². The molecule has 2 aromatic carbocycles. The molecule has 24 heavy (non-hydrogen) atoms. The molecule has 3 aromatic rings. The maximum atomic E-state index is 12.5. The number of oxazole rings is 1. The van der Waals surface area contributed by atoms with Gasteiger partial charge in [-0.15, -0.1) is 0 Å². The van der Waals surface area contributed by atoms with Crippen LogP contribution in [0.1, 0.15) is 24.7 Å². The second-order valence-corrected chi connectivity index (χ2v) is 6.10. The number of benzene rings is 2. The van der Waals surface area contributed by atoms with Gasteiger partial charge in [0.2, 0.25) is 0 Å². The number of carbonyl (C=O) groups is 1. The number of aromatic nitrogens is 1. The van der Waals surface area contributed by atoms with Gasteiger partial charge in [-0.2, -0.15) is 0 Å². The highest BCUT2D eigenvalue weighted by atomic mass is 16.3. The molecule has 1 aliphatic rings. The van der Waals surface area contributed by atoms with E-state index in [4.69, 9.17) is 4.42 Å². The van der Waals surface area contributed by atoms with E-state index in [1.807, 2.05) is 59.5 Å². The molecular formula is C19H19N3O2. The second-order valence-electron chi connectivity index (χ2n) is 6.10. The predicted octanol–water partition coefficient (Wildman–Crippen LogP) is 4.24. The summed E-state index contributed by atoms with van der Waals surface area (Å²) in [7, 11) is 0. The van der Waals surface area contributed by atoms with Crippen LogP contribution in [-0.4, -0.2) is 29.0 Å². The molecule has 1 aromatic heterocycles. The van der Waals surface area contributed by atoms with Gasteiger partial charge >= 0.3 is 6.03 Å². The Labute approximate surface area is 140 Å². The summed E-state index contributed by atoms with van der Waals surface area (Å²) in [6, 6.07) is 17.2. The molecule has 0 saturated carbocycles. The maximum absolute atomic E-state index is 12.5. The van der Waals surface area contributed by atoms with Crippen molar-refractivity contribution < 1.29 is 9.21 Å². The summed E-state index contributed by atoms with van der Waals surface area (Å²) in [5.74, 6) is 0.876. The van der Waals surface area contributed by atoms with E-state index in [1.54, 1.807) is 0 Å².